The monoisotopic (exact) mass is 922 g/mol. The molecule has 1 aliphatic carbocycles. The fourth-order valence-electron chi connectivity index (χ4n) is 9.50. The highest BCUT2D eigenvalue weighted by Gasteiger charge is 2.30. The number of nitrogens with zero attached hydrogens (tertiary/aromatic N) is 5. The minimum absolute atomic E-state index is 0.119. The zero-order valence-corrected chi connectivity index (χ0v) is 38.0. The van der Waals surface area contributed by atoms with Crippen LogP contribution in [0.4, 0.5) is 28.4 Å². The van der Waals surface area contributed by atoms with Crippen molar-refractivity contribution in [2.45, 2.75) is 62.7 Å². The third-order valence-corrected chi connectivity index (χ3v) is 14.7. The Morgan fingerprint density at radius 1 is 0.877 bits per heavy atom. The van der Waals surface area contributed by atoms with E-state index in [2.05, 4.69) is 37.0 Å². The molecule has 2 saturated heterocycles. The summed E-state index contributed by atoms with van der Waals surface area (Å²) >= 11 is 6.27. The second-order valence-electron chi connectivity index (χ2n) is 17.4. The van der Waals surface area contributed by atoms with Crippen molar-refractivity contribution in [3.05, 3.63) is 111 Å². The number of hydrogen-bond acceptors (Lipinski definition) is 12. The Balaban J connectivity index is 0.986. The van der Waals surface area contributed by atoms with Crippen LogP contribution in [0.25, 0.3) is 16.6 Å². The second-order valence-corrected chi connectivity index (χ2v) is 19.5. The van der Waals surface area contributed by atoms with Gasteiger partial charge in [0.1, 0.15) is 17.0 Å². The lowest BCUT2D eigenvalue weighted by Gasteiger charge is -2.38. The number of anilines is 4. The lowest BCUT2D eigenvalue weighted by molar-refractivity contribution is -0.384. The van der Waals surface area contributed by atoms with Crippen LogP contribution in [0, 0.1) is 16.0 Å². The Bertz CT molecular complexity index is 2680. The van der Waals surface area contributed by atoms with Crippen LogP contribution in [-0.4, -0.2) is 99.8 Å². The smallest absolute Gasteiger partial charge is 0.293 e. The van der Waals surface area contributed by atoms with Crippen LogP contribution in [0.1, 0.15) is 73.7 Å². The molecule has 1 amide bonds. The molecule has 0 spiro atoms. The van der Waals surface area contributed by atoms with Gasteiger partial charge in [0.15, 0.2) is 0 Å². The van der Waals surface area contributed by atoms with Crippen molar-refractivity contribution in [2.75, 3.05) is 80.8 Å². The number of halogens is 1. The molecule has 3 aromatic carbocycles. The molecular formula is C48H55ClN8O7S. The van der Waals surface area contributed by atoms with Gasteiger partial charge in [-0.3, -0.25) is 19.8 Å². The molecule has 342 valence electrons. The lowest BCUT2D eigenvalue weighted by Crippen LogP contribution is -2.47. The standard InChI is InChI=1S/C48H55ClN8O7S/c49-37-10-8-34(9-11-37)40-7-4-2-1-3-6-36(40)32-54-21-23-55(24-22-54)38-12-14-41(43(29-38)56-20-5-25-64-48-45(56)28-35-16-19-50-46(35)52-48)47(58)53-65(61,62)39-13-15-42(44(30-39)57(59)60)51-31-33-17-26-63-27-18-33/h8-16,19,28-30,33,51H,1-7,17-18,20-27,31-32H2,(H,50,52)(H,53,58)/b40-36-. The van der Waals surface area contributed by atoms with Crippen LogP contribution in [0.3, 0.4) is 0 Å². The van der Waals surface area contributed by atoms with E-state index in [9.17, 15) is 23.3 Å². The van der Waals surface area contributed by atoms with Crippen molar-refractivity contribution in [1.29, 1.82) is 0 Å². The summed E-state index contributed by atoms with van der Waals surface area (Å²) in [6, 6.07) is 21.3. The average Bonchev–Trinajstić information content (AvgIpc) is 3.67. The summed E-state index contributed by atoms with van der Waals surface area (Å²) in [4.78, 5) is 40.3. The molecule has 3 N–H and O–H groups in total. The van der Waals surface area contributed by atoms with E-state index in [1.807, 2.05) is 41.3 Å². The van der Waals surface area contributed by atoms with Gasteiger partial charge in [-0.15, -0.1) is 0 Å². The second kappa shape index (κ2) is 19.8. The molecule has 3 aliphatic heterocycles. The predicted octanol–water partition coefficient (Wildman–Crippen LogP) is 8.93. The maximum absolute atomic E-state index is 14.4. The van der Waals surface area contributed by atoms with Gasteiger partial charge in [0.25, 0.3) is 21.6 Å². The number of nitro groups is 1. The number of carbonyl (C=O) groups is 1. The van der Waals surface area contributed by atoms with E-state index in [0.29, 0.717) is 62.2 Å². The van der Waals surface area contributed by atoms with E-state index in [1.54, 1.807) is 12.3 Å². The maximum Gasteiger partial charge on any atom is 0.293 e. The van der Waals surface area contributed by atoms with Crippen molar-refractivity contribution < 1.29 is 27.6 Å². The molecule has 0 radical (unpaired) electrons. The summed E-state index contributed by atoms with van der Waals surface area (Å²) < 4.78 is 41.7. The summed E-state index contributed by atoms with van der Waals surface area (Å²) in [6.45, 7) is 6.73. The molecule has 2 fully saturated rings. The lowest BCUT2D eigenvalue weighted by atomic mass is 9.88. The van der Waals surface area contributed by atoms with Gasteiger partial charge in [0, 0.05) is 87.4 Å². The number of pyridine rings is 1. The molecule has 0 saturated carbocycles. The van der Waals surface area contributed by atoms with E-state index in [4.69, 9.17) is 26.1 Å². The van der Waals surface area contributed by atoms with E-state index < -0.39 is 31.4 Å². The number of carbonyl (C=O) groups excluding carboxylic acids is 1. The van der Waals surface area contributed by atoms with Crippen LogP contribution in [0.5, 0.6) is 5.88 Å². The van der Waals surface area contributed by atoms with Gasteiger partial charge < -0.3 is 29.6 Å². The number of sulfonamides is 1. The van der Waals surface area contributed by atoms with Crippen molar-refractivity contribution in [1.82, 2.24) is 19.6 Å². The first-order valence-corrected chi connectivity index (χ1v) is 24.6. The number of hydrogen-bond donors (Lipinski definition) is 3. The molecule has 17 heteroatoms. The number of piperazine rings is 1. The highest BCUT2D eigenvalue weighted by Crippen LogP contribution is 2.41. The van der Waals surface area contributed by atoms with Crippen LogP contribution in [0.2, 0.25) is 5.02 Å². The van der Waals surface area contributed by atoms with E-state index in [0.717, 1.165) is 80.6 Å². The van der Waals surface area contributed by atoms with Crippen molar-refractivity contribution in [3.8, 4) is 5.88 Å². The van der Waals surface area contributed by atoms with Crippen LogP contribution >= 0.6 is 11.6 Å². The Kier molecular flexibility index (Phi) is 13.6. The highest BCUT2D eigenvalue weighted by atomic mass is 35.5. The number of nitro benzene ring substituents is 1. The van der Waals surface area contributed by atoms with E-state index in [1.165, 1.54) is 54.5 Å². The quantitative estimate of drug-likeness (QED) is 0.0802. The van der Waals surface area contributed by atoms with Gasteiger partial charge in [0.2, 0.25) is 5.88 Å². The highest BCUT2D eigenvalue weighted by molar-refractivity contribution is 7.90. The minimum atomic E-state index is -4.56. The van der Waals surface area contributed by atoms with Crippen molar-refractivity contribution in [2.24, 2.45) is 5.92 Å². The molecule has 0 bridgehead atoms. The van der Waals surface area contributed by atoms with E-state index in [-0.39, 0.29) is 17.2 Å². The molecule has 0 atom stereocenters. The van der Waals surface area contributed by atoms with Gasteiger partial charge in [-0.1, -0.05) is 42.1 Å². The summed E-state index contributed by atoms with van der Waals surface area (Å²) in [6.07, 6.45) is 11.1. The van der Waals surface area contributed by atoms with Crippen LogP contribution in [0.15, 0.2) is 89.5 Å². The van der Waals surface area contributed by atoms with Crippen molar-refractivity contribution in [3.63, 3.8) is 0 Å². The van der Waals surface area contributed by atoms with Gasteiger partial charge in [0.05, 0.1) is 27.7 Å². The maximum atomic E-state index is 14.4. The molecule has 65 heavy (non-hydrogen) atoms. The SMILES string of the molecule is O=C(NS(=O)(=O)c1ccc(NCC2CCOCC2)c([N+](=O)[O-])c1)c1ccc(N2CCN(C/C3=C(\c4ccc(Cl)cc4)CCCCCC3)CC2)cc1N1CCCOc2nc3[nH]ccc3cc21. The number of aromatic amines is 1. The normalized spacial score (nSPS) is 19.2. The largest absolute Gasteiger partial charge is 0.476 e. The molecule has 5 aromatic rings. The van der Waals surface area contributed by atoms with Crippen LogP contribution < -0.4 is 24.6 Å². The number of rotatable bonds is 12. The molecule has 0 unspecified atom stereocenters. The number of fused-ring (bicyclic) bond motifs is 2. The molecule has 4 aliphatic rings. The van der Waals surface area contributed by atoms with Crippen LogP contribution in [-0.2, 0) is 14.8 Å². The van der Waals surface area contributed by atoms with Gasteiger partial charge in [-0.05, 0) is 117 Å². The Hall–Kier alpha value is -5.68. The summed E-state index contributed by atoms with van der Waals surface area (Å²) in [5.41, 5.74) is 6.85. The Morgan fingerprint density at radius 2 is 1.66 bits per heavy atom. The zero-order valence-electron chi connectivity index (χ0n) is 36.4. The first-order valence-electron chi connectivity index (χ1n) is 22.7. The van der Waals surface area contributed by atoms with E-state index >= 15 is 0 Å². The summed E-state index contributed by atoms with van der Waals surface area (Å²) in [5, 5.41) is 16.9. The third kappa shape index (κ3) is 10.3. The molecular weight excluding hydrogens is 868 g/mol. The Morgan fingerprint density at radius 3 is 2.45 bits per heavy atom. The molecule has 5 heterocycles. The number of benzene rings is 3. The number of ether oxygens (including phenoxy) is 2. The fourth-order valence-corrected chi connectivity index (χ4v) is 10.6. The first kappa shape index (κ1) is 44.5. The minimum Gasteiger partial charge on any atom is -0.476 e. The Labute approximate surface area is 384 Å². The topological polar surface area (TPSA) is 175 Å². The number of H-pyrrole nitrogens is 1. The van der Waals surface area contributed by atoms with Crippen molar-refractivity contribution >= 4 is 72.6 Å². The predicted molar refractivity (Wildman–Crippen MR) is 254 cm³/mol. The number of aromatic nitrogens is 2. The number of amides is 1. The van der Waals surface area contributed by atoms with Gasteiger partial charge in [-0.2, -0.15) is 4.98 Å². The number of nitrogens with one attached hydrogen (secondary N) is 3. The average molecular weight is 924 g/mol. The summed E-state index contributed by atoms with van der Waals surface area (Å²) in [7, 11) is -4.56. The summed E-state index contributed by atoms with van der Waals surface area (Å²) in [5.74, 6) is -0.195. The number of allylic oxidation sites excluding steroid dienone is 1. The van der Waals surface area contributed by atoms with Gasteiger partial charge in [-0.25, -0.2) is 13.1 Å². The molecule has 15 nitrogen and oxygen atoms in total. The molecule has 2 aromatic heterocycles. The third-order valence-electron chi connectivity index (χ3n) is 13.1. The van der Waals surface area contributed by atoms with Gasteiger partial charge >= 0.3 is 0 Å². The fraction of sp³-hybridized carbons (Fsp3) is 0.417. The zero-order chi connectivity index (χ0) is 44.9. The first-order chi connectivity index (χ1) is 31.6. The molecule has 9 rings (SSSR count).